The molecule has 0 aliphatic rings. The van der Waals surface area contributed by atoms with E-state index in [9.17, 15) is 28.1 Å². The highest BCUT2D eigenvalue weighted by Crippen LogP contribution is 2.29. The van der Waals surface area contributed by atoms with Gasteiger partial charge in [-0.25, -0.2) is 8.42 Å². The molecular formula is C29H33BrN4O7S. The molecule has 1 N–H and O–H groups in total. The molecule has 1 atom stereocenters. The van der Waals surface area contributed by atoms with Crippen molar-refractivity contribution in [2.75, 3.05) is 18.0 Å². The molecule has 0 saturated heterocycles. The molecule has 3 aromatic carbocycles. The Labute approximate surface area is 253 Å². The molecule has 2 amide bonds. The van der Waals surface area contributed by atoms with E-state index in [1.54, 1.807) is 45.0 Å². The fraction of sp³-hybridized carbons (Fsp3) is 0.310. The van der Waals surface area contributed by atoms with Gasteiger partial charge < -0.3 is 15.0 Å². The smallest absolute Gasteiger partial charge is 0.273 e. The van der Waals surface area contributed by atoms with Crippen molar-refractivity contribution in [3.8, 4) is 5.75 Å². The van der Waals surface area contributed by atoms with Crippen molar-refractivity contribution in [3.05, 3.63) is 92.4 Å². The van der Waals surface area contributed by atoms with Crippen molar-refractivity contribution in [2.45, 2.75) is 51.2 Å². The molecule has 11 nitrogen and oxygen atoms in total. The van der Waals surface area contributed by atoms with E-state index in [2.05, 4.69) is 21.2 Å². The van der Waals surface area contributed by atoms with E-state index in [0.717, 1.165) is 20.4 Å². The molecule has 0 heterocycles. The number of carbonyl (C=O) groups excluding carboxylic acids is 2. The number of methoxy groups -OCH3 is 1. The number of ether oxygens (including phenoxy) is 1. The Morgan fingerprint density at radius 2 is 1.64 bits per heavy atom. The topological polar surface area (TPSA) is 139 Å². The molecule has 0 aromatic heterocycles. The highest BCUT2D eigenvalue weighted by atomic mass is 79.9. The van der Waals surface area contributed by atoms with Gasteiger partial charge in [0.1, 0.15) is 18.3 Å². The maximum absolute atomic E-state index is 14.0. The molecule has 224 valence electrons. The monoisotopic (exact) mass is 660 g/mol. The molecule has 0 radical (unpaired) electrons. The lowest BCUT2D eigenvalue weighted by atomic mass is 10.1. The first-order valence-corrected chi connectivity index (χ1v) is 15.2. The number of carbonyl (C=O) groups is 2. The van der Waals surface area contributed by atoms with Crippen LogP contribution in [0.2, 0.25) is 0 Å². The lowest BCUT2D eigenvalue weighted by Crippen LogP contribution is -2.52. The minimum absolute atomic E-state index is 0.0330. The Hall–Kier alpha value is -3.97. The summed E-state index contributed by atoms with van der Waals surface area (Å²) >= 11 is 3.38. The predicted molar refractivity (Wildman–Crippen MR) is 163 cm³/mol. The predicted octanol–water partition coefficient (Wildman–Crippen LogP) is 4.81. The van der Waals surface area contributed by atoms with Gasteiger partial charge in [0, 0.05) is 28.7 Å². The van der Waals surface area contributed by atoms with Crippen molar-refractivity contribution in [3.63, 3.8) is 0 Å². The van der Waals surface area contributed by atoms with E-state index in [-0.39, 0.29) is 34.4 Å². The van der Waals surface area contributed by atoms with Gasteiger partial charge in [-0.15, -0.1) is 0 Å². The Bertz CT molecular complexity index is 1550. The number of nitro groups is 1. The summed E-state index contributed by atoms with van der Waals surface area (Å²) < 4.78 is 34.9. The largest absolute Gasteiger partial charge is 0.497 e. The number of nitrogens with zero attached hydrogens (tertiary/aromatic N) is 3. The van der Waals surface area contributed by atoms with Crippen LogP contribution in [0.3, 0.4) is 0 Å². The van der Waals surface area contributed by atoms with Crippen molar-refractivity contribution in [1.82, 2.24) is 10.2 Å². The third-order valence-corrected chi connectivity index (χ3v) is 8.77. The van der Waals surface area contributed by atoms with E-state index < -0.39 is 39.3 Å². The first kappa shape index (κ1) is 32.5. The highest BCUT2D eigenvalue weighted by Gasteiger charge is 2.33. The van der Waals surface area contributed by atoms with Crippen molar-refractivity contribution < 1.29 is 27.7 Å². The number of nitrogens with one attached hydrogen (secondary N) is 1. The average Bonchev–Trinajstić information content (AvgIpc) is 2.94. The first-order valence-electron chi connectivity index (χ1n) is 13.0. The van der Waals surface area contributed by atoms with Crippen molar-refractivity contribution in [2.24, 2.45) is 0 Å². The van der Waals surface area contributed by atoms with Gasteiger partial charge in [-0.1, -0.05) is 34.1 Å². The Balaban J connectivity index is 2.09. The summed E-state index contributed by atoms with van der Waals surface area (Å²) in [5, 5.41) is 14.4. The molecule has 42 heavy (non-hydrogen) atoms. The van der Waals surface area contributed by atoms with Crippen LogP contribution in [0.15, 0.2) is 76.1 Å². The summed E-state index contributed by atoms with van der Waals surface area (Å²) in [6.07, 6.45) is 0. The van der Waals surface area contributed by atoms with Gasteiger partial charge in [-0.3, -0.25) is 24.0 Å². The zero-order valence-corrected chi connectivity index (χ0v) is 26.3. The van der Waals surface area contributed by atoms with Crippen LogP contribution in [0.25, 0.3) is 0 Å². The minimum atomic E-state index is -4.48. The number of anilines is 1. The van der Waals surface area contributed by atoms with Crippen LogP contribution >= 0.6 is 15.9 Å². The maximum atomic E-state index is 14.0. The molecule has 0 fully saturated rings. The Morgan fingerprint density at radius 3 is 2.19 bits per heavy atom. The molecule has 0 aliphatic carbocycles. The number of sulfonamides is 1. The van der Waals surface area contributed by atoms with Gasteiger partial charge in [-0.05, 0) is 75.7 Å². The van der Waals surface area contributed by atoms with E-state index in [4.69, 9.17) is 4.74 Å². The molecule has 0 spiro atoms. The molecular weight excluding hydrogens is 628 g/mol. The second-order valence-corrected chi connectivity index (χ2v) is 12.7. The molecule has 3 aromatic rings. The van der Waals surface area contributed by atoms with E-state index in [1.807, 2.05) is 0 Å². The van der Waals surface area contributed by atoms with Gasteiger partial charge >= 0.3 is 0 Å². The quantitative estimate of drug-likeness (QED) is 0.217. The average molecular weight is 662 g/mol. The highest BCUT2D eigenvalue weighted by molar-refractivity contribution is 9.10. The van der Waals surface area contributed by atoms with Crippen molar-refractivity contribution >= 4 is 49.1 Å². The second kappa shape index (κ2) is 13.8. The first-order chi connectivity index (χ1) is 19.7. The van der Waals surface area contributed by atoms with Crippen LogP contribution in [-0.4, -0.2) is 55.8 Å². The molecule has 0 saturated carbocycles. The Morgan fingerprint density at radius 1 is 1.02 bits per heavy atom. The number of hydrogen-bond acceptors (Lipinski definition) is 7. The molecule has 0 unspecified atom stereocenters. The third kappa shape index (κ3) is 7.85. The van der Waals surface area contributed by atoms with Gasteiger partial charge in [0.2, 0.25) is 11.8 Å². The van der Waals surface area contributed by atoms with Crippen LogP contribution in [0.1, 0.15) is 31.9 Å². The number of aryl methyl sites for hydroxylation is 1. The Kier molecular flexibility index (Phi) is 10.7. The maximum Gasteiger partial charge on any atom is 0.273 e. The van der Waals surface area contributed by atoms with Gasteiger partial charge in [-0.2, -0.15) is 0 Å². The summed E-state index contributed by atoms with van der Waals surface area (Å²) in [7, 11) is -3.02. The molecule has 0 bridgehead atoms. The zero-order chi connectivity index (χ0) is 31.2. The molecule has 13 heteroatoms. The molecule has 0 aliphatic heterocycles. The lowest BCUT2D eigenvalue weighted by molar-refractivity contribution is -0.385. The summed E-state index contributed by atoms with van der Waals surface area (Å²) in [6, 6.07) is 15.7. The van der Waals surface area contributed by atoms with Crippen LogP contribution in [0.5, 0.6) is 5.75 Å². The number of amides is 2. The van der Waals surface area contributed by atoms with Gasteiger partial charge in [0.25, 0.3) is 15.7 Å². The van der Waals surface area contributed by atoms with Crippen molar-refractivity contribution in [1.29, 1.82) is 0 Å². The van der Waals surface area contributed by atoms with Crippen LogP contribution in [0, 0.1) is 17.0 Å². The second-order valence-electron chi connectivity index (χ2n) is 9.90. The summed E-state index contributed by atoms with van der Waals surface area (Å²) in [4.78, 5) is 38.8. The number of benzene rings is 3. The SMILES string of the molecule is COc1ccc(N(CC(=O)N(Cc2ccc(Br)cc2)[C@@H](C)C(=O)NC(C)C)S(=O)(=O)c2ccc(C)c([N+](=O)[O-])c2)cc1. The summed E-state index contributed by atoms with van der Waals surface area (Å²) in [6.45, 7) is 6.03. The van der Waals surface area contributed by atoms with Crippen LogP contribution < -0.4 is 14.4 Å². The number of nitro benzene ring substituents is 1. The number of halogens is 1. The summed E-state index contributed by atoms with van der Waals surface area (Å²) in [5.74, 6) is -0.585. The van der Waals surface area contributed by atoms with Crippen LogP contribution in [-0.2, 0) is 26.2 Å². The lowest BCUT2D eigenvalue weighted by Gasteiger charge is -2.32. The van der Waals surface area contributed by atoms with E-state index in [0.29, 0.717) is 5.75 Å². The summed E-state index contributed by atoms with van der Waals surface area (Å²) in [5.41, 5.74) is 0.781. The minimum Gasteiger partial charge on any atom is -0.497 e. The third-order valence-electron chi connectivity index (χ3n) is 6.47. The normalized spacial score (nSPS) is 12.0. The van der Waals surface area contributed by atoms with E-state index >= 15 is 0 Å². The standard InChI is InChI=1S/C29H33BrN4O7S/c1-19(2)31-29(36)21(4)32(17-22-7-9-23(30)10-8-22)28(35)18-33(24-11-13-25(41-5)14-12-24)42(39,40)26-15-6-20(3)27(16-26)34(37)38/h6-16,19,21H,17-18H2,1-5H3,(H,31,36)/t21-/m0/s1. The fourth-order valence-electron chi connectivity index (χ4n) is 4.13. The molecule has 3 rings (SSSR count). The van der Waals surface area contributed by atoms with E-state index in [1.165, 1.54) is 55.3 Å². The van der Waals surface area contributed by atoms with Crippen LogP contribution in [0.4, 0.5) is 11.4 Å². The van der Waals surface area contributed by atoms with Gasteiger partial charge in [0.05, 0.1) is 22.6 Å². The van der Waals surface area contributed by atoms with Gasteiger partial charge in [0.15, 0.2) is 0 Å². The fourth-order valence-corrected chi connectivity index (χ4v) is 5.82. The number of rotatable bonds is 12. The zero-order valence-electron chi connectivity index (χ0n) is 23.9. The number of hydrogen-bond donors (Lipinski definition) is 1.